The van der Waals surface area contributed by atoms with Crippen molar-refractivity contribution in [1.82, 2.24) is 9.97 Å². The summed E-state index contributed by atoms with van der Waals surface area (Å²) in [6.07, 6.45) is 2.62. The zero-order chi connectivity index (χ0) is 15.4. The Hall–Kier alpha value is -3.21. The molecular weight excluding hydrogens is 278 g/mol. The van der Waals surface area contributed by atoms with Crippen LogP contribution in [0.15, 0.2) is 73.1 Å². The lowest BCUT2D eigenvalue weighted by Crippen LogP contribution is -2.13. The van der Waals surface area contributed by atoms with E-state index in [1.165, 1.54) is 12.4 Å². The van der Waals surface area contributed by atoms with Crippen LogP contribution in [-0.4, -0.2) is 21.0 Å². The first-order chi connectivity index (χ1) is 10.8. The predicted octanol–water partition coefficient (Wildman–Crippen LogP) is 3.64. The highest BCUT2D eigenvalue weighted by Gasteiger charge is 2.15. The van der Waals surface area contributed by atoms with E-state index in [0.29, 0.717) is 5.95 Å². The van der Waals surface area contributed by atoms with Gasteiger partial charge < -0.3 is 5.11 Å². The van der Waals surface area contributed by atoms with Crippen molar-refractivity contribution in [3.8, 4) is 0 Å². The smallest absolute Gasteiger partial charge is 0.338 e. The van der Waals surface area contributed by atoms with Gasteiger partial charge in [0.1, 0.15) is 0 Å². The minimum absolute atomic E-state index is 0.0600. The second kappa shape index (κ2) is 6.05. The zero-order valence-corrected chi connectivity index (χ0v) is 11.6. The van der Waals surface area contributed by atoms with Crippen molar-refractivity contribution >= 4 is 23.3 Å². The van der Waals surface area contributed by atoms with Crippen molar-refractivity contribution in [2.24, 2.45) is 0 Å². The van der Waals surface area contributed by atoms with Gasteiger partial charge in [0.05, 0.1) is 5.56 Å². The number of nitrogens with zero attached hydrogens (tertiary/aromatic N) is 3. The summed E-state index contributed by atoms with van der Waals surface area (Å²) in [5, 5.41) is 8.95. The Kier molecular flexibility index (Phi) is 3.78. The van der Waals surface area contributed by atoms with Gasteiger partial charge in [-0.15, -0.1) is 0 Å². The Balaban J connectivity index is 2.08. The topological polar surface area (TPSA) is 66.3 Å². The molecule has 2 aromatic carbocycles. The number of aromatic nitrogens is 2. The number of aromatic carboxylic acids is 1. The van der Waals surface area contributed by atoms with E-state index in [1.54, 1.807) is 0 Å². The quantitative estimate of drug-likeness (QED) is 0.794. The molecule has 22 heavy (non-hydrogen) atoms. The first kappa shape index (κ1) is 13.8. The Morgan fingerprint density at radius 1 is 0.818 bits per heavy atom. The number of carboxylic acids is 1. The van der Waals surface area contributed by atoms with Crippen molar-refractivity contribution < 1.29 is 9.90 Å². The van der Waals surface area contributed by atoms with Gasteiger partial charge in [-0.05, 0) is 24.3 Å². The van der Waals surface area contributed by atoms with Gasteiger partial charge >= 0.3 is 5.97 Å². The van der Waals surface area contributed by atoms with E-state index < -0.39 is 5.97 Å². The van der Waals surface area contributed by atoms with Crippen LogP contribution in [0.2, 0.25) is 0 Å². The van der Waals surface area contributed by atoms with Gasteiger partial charge in [-0.1, -0.05) is 36.4 Å². The molecule has 3 aromatic rings. The lowest BCUT2D eigenvalue weighted by Gasteiger charge is -2.22. The monoisotopic (exact) mass is 291 g/mol. The van der Waals surface area contributed by atoms with E-state index in [0.717, 1.165) is 11.4 Å². The summed E-state index contributed by atoms with van der Waals surface area (Å²) in [5.74, 6) is -0.625. The number of carboxylic acid groups (broad SMARTS) is 1. The van der Waals surface area contributed by atoms with E-state index in [4.69, 9.17) is 5.11 Å². The van der Waals surface area contributed by atoms with Crippen molar-refractivity contribution in [3.05, 3.63) is 78.6 Å². The number of hydrogen-bond donors (Lipinski definition) is 1. The first-order valence-corrected chi connectivity index (χ1v) is 6.71. The Bertz CT molecular complexity index is 719. The average molecular weight is 291 g/mol. The van der Waals surface area contributed by atoms with Crippen LogP contribution in [0.5, 0.6) is 0 Å². The van der Waals surface area contributed by atoms with Crippen molar-refractivity contribution in [1.29, 1.82) is 0 Å². The molecule has 0 aliphatic carbocycles. The lowest BCUT2D eigenvalue weighted by molar-refractivity contribution is 0.0696. The first-order valence-electron chi connectivity index (χ1n) is 6.71. The fourth-order valence-electron chi connectivity index (χ4n) is 2.08. The molecule has 108 valence electrons. The largest absolute Gasteiger partial charge is 0.478 e. The number of benzene rings is 2. The Morgan fingerprint density at radius 3 is 1.68 bits per heavy atom. The molecule has 0 fully saturated rings. The molecule has 3 rings (SSSR count). The van der Waals surface area contributed by atoms with Gasteiger partial charge in [0.25, 0.3) is 0 Å². The fourth-order valence-corrected chi connectivity index (χ4v) is 2.08. The molecule has 0 amide bonds. The third kappa shape index (κ3) is 2.78. The summed E-state index contributed by atoms with van der Waals surface area (Å²) in [6.45, 7) is 0. The van der Waals surface area contributed by atoms with Crippen molar-refractivity contribution in [3.63, 3.8) is 0 Å². The van der Waals surface area contributed by atoms with E-state index in [2.05, 4.69) is 9.97 Å². The fraction of sp³-hybridized carbons (Fsp3) is 0. The Morgan fingerprint density at radius 2 is 1.27 bits per heavy atom. The second-order valence-electron chi connectivity index (χ2n) is 4.58. The summed E-state index contributed by atoms with van der Waals surface area (Å²) in [6, 6.07) is 19.4. The molecule has 5 nitrogen and oxygen atoms in total. The number of carbonyl (C=O) groups is 1. The molecule has 0 saturated heterocycles. The van der Waals surface area contributed by atoms with Gasteiger partial charge in [0.15, 0.2) is 0 Å². The molecule has 1 heterocycles. The van der Waals surface area contributed by atoms with Crippen LogP contribution >= 0.6 is 0 Å². The van der Waals surface area contributed by atoms with Crippen molar-refractivity contribution in [2.75, 3.05) is 4.90 Å². The van der Waals surface area contributed by atoms with Crippen LogP contribution in [0.1, 0.15) is 10.4 Å². The minimum Gasteiger partial charge on any atom is -0.478 e. The van der Waals surface area contributed by atoms with Crippen LogP contribution in [0.4, 0.5) is 17.3 Å². The highest BCUT2D eigenvalue weighted by atomic mass is 16.4. The third-order valence-electron chi connectivity index (χ3n) is 3.11. The maximum atomic E-state index is 10.9. The second-order valence-corrected chi connectivity index (χ2v) is 4.58. The van der Waals surface area contributed by atoms with Crippen LogP contribution in [0.25, 0.3) is 0 Å². The standard InChI is InChI=1S/C17H13N3O2/c21-16(22)13-11-18-17(19-12-13)20(14-7-3-1-4-8-14)15-9-5-2-6-10-15/h1-12H,(H,21,22). The molecule has 0 spiro atoms. The van der Waals surface area contributed by atoms with Gasteiger partial charge in [-0.2, -0.15) is 0 Å². The molecular formula is C17H13N3O2. The van der Waals surface area contributed by atoms with Gasteiger partial charge in [-0.3, -0.25) is 4.90 Å². The van der Waals surface area contributed by atoms with E-state index in [1.807, 2.05) is 65.6 Å². The maximum absolute atomic E-state index is 10.9. The normalized spacial score (nSPS) is 10.2. The molecule has 1 aromatic heterocycles. The molecule has 0 saturated carbocycles. The van der Waals surface area contributed by atoms with Gasteiger partial charge in [0.2, 0.25) is 5.95 Å². The molecule has 0 atom stereocenters. The van der Waals surface area contributed by atoms with Crippen LogP contribution < -0.4 is 4.90 Å². The zero-order valence-electron chi connectivity index (χ0n) is 11.6. The highest BCUT2D eigenvalue weighted by Crippen LogP contribution is 2.31. The van der Waals surface area contributed by atoms with Gasteiger partial charge in [-0.25, -0.2) is 14.8 Å². The van der Waals surface area contributed by atoms with E-state index in [9.17, 15) is 4.79 Å². The van der Waals surface area contributed by atoms with Crippen molar-refractivity contribution in [2.45, 2.75) is 0 Å². The summed E-state index contributed by atoms with van der Waals surface area (Å²) in [5.41, 5.74) is 1.86. The summed E-state index contributed by atoms with van der Waals surface area (Å²) in [7, 11) is 0. The van der Waals surface area contributed by atoms with E-state index in [-0.39, 0.29) is 5.56 Å². The summed E-state index contributed by atoms with van der Waals surface area (Å²) < 4.78 is 0. The minimum atomic E-state index is -1.04. The van der Waals surface area contributed by atoms with Crippen LogP contribution in [-0.2, 0) is 0 Å². The third-order valence-corrected chi connectivity index (χ3v) is 3.11. The molecule has 0 radical (unpaired) electrons. The summed E-state index contributed by atoms with van der Waals surface area (Å²) >= 11 is 0. The molecule has 0 aliphatic heterocycles. The summed E-state index contributed by atoms with van der Waals surface area (Å²) in [4.78, 5) is 21.2. The molecule has 0 aliphatic rings. The highest BCUT2D eigenvalue weighted by molar-refractivity contribution is 5.87. The van der Waals surface area contributed by atoms with Crippen LogP contribution in [0, 0.1) is 0 Å². The van der Waals surface area contributed by atoms with Gasteiger partial charge in [0, 0.05) is 23.8 Å². The molecule has 0 unspecified atom stereocenters. The number of hydrogen-bond acceptors (Lipinski definition) is 4. The maximum Gasteiger partial charge on any atom is 0.338 e. The molecule has 1 N–H and O–H groups in total. The number of para-hydroxylation sites is 2. The lowest BCUT2D eigenvalue weighted by atomic mass is 10.2. The predicted molar refractivity (Wildman–Crippen MR) is 83.7 cm³/mol. The van der Waals surface area contributed by atoms with E-state index >= 15 is 0 Å². The molecule has 5 heteroatoms. The number of rotatable bonds is 4. The van der Waals surface area contributed by atoms with Crippen LogP contribution in [0.3, 0.4) is 0 Å². The SMILES string of the molecule is O=C(O)c1cnc(N(c2ccccc2)c2ccccc2)nc1. The molecule has 0 bridgehead atoms. The Labute approximate surface area is 127 Å². The number of anilines is 3. The average Bonchev–Trinajstić information content (AvgIpc) is 2.57.